The third-order valence-electron chi connectivity index (χ3n) is 9.16. The van der Waals surface area contributed by atoms with Gasteiger partial charge in [-0.05, 0) is 38.1 Å². The van der Waals surface area contributed by atoms with Gasteiger partial charge in [0, 0.05) is 30.0 Å². The number of piperidine rings is 1. The number of methoxy groups -OCH3 is 2. The predicted molar refractivity (Wildman–Crippen MR) is 163 cm³/mol. The van der Waals surface area contributed by atoms with E-state index in [4.69, 9.17) is 47.4 Å². The topological polar surface area (TPSA) is 95.5 Å². The zero-order valence-corrected chi connectivity index (χ0v) is 26.7. The van der Waals surface area contributed by atoms with Crippen LogP contribution in [0.15, 0.2) is 24.3 Å². The summed E-state index contributed by atoms with van der Waals surface area (Å²) >= 11 is 0. The van der Waals surface area contributed by atoms with Crippen molar-refractivity contribution in [3.05, 3.63) is 35.4 Å². The van der Waals surface area contributed by atoms with Crippen LogP contribution < -0.4 is 9.47 Å². The molecule has 0 N–H and O–H groups in total. The van der Waals surface area contributed by atoms with Crippen LogP contribution in [0.25, 0.3) is 0 Å². The Balaban J connectivity index is 0.906. The Morgan fingerprint density at radius 3 is 1.89 bits per heavy atom. The van der Waals surface area contributed by atoms with E-state index >= 15 is 0 Å². The number of hydrogen-bond donors (Lipinski definition) is 0. The molecule has 5 rings (SSSR count). The van der Waals surface area contributed by atoms with Crippen molar-refractivity contribution in [2.24, 2.45) is 5.92 Å². The summed E-state index contributed by atoms with van der Waals surface area (Å²) in [6.07, 6.45) is 6.52. The molecule has 2 bridgehead atoms. The summed E-state index contributed by atoms with van der Waals surface area (Å²) in [5, 5.41) is 0. The predicted octanol–water partition coefficient (Wildman–Crippen LogP) is 2.27. The second kappa shape index (κ2) is 17.2. The van der Waals surface area contributed by atoms with Crippen molar-refractivity contribution in [2.45, 2.75) is 36.5 Å². The van der Waals surface area contributed by atoms with Crippen molar-refractivity contribution in [1.82, 2.24) is 4.90 Å². The second-order valence-corrected chi connectivity index (χ2v) is 11.6. The fraction of sp³-hybridized carbons (Fsp3) is 0.758. The van der Waals surface area contributed by atoms with Crippen molar-refractivity contribution in [2.75, 3.05) is 120 Å². The summed E-state index contributed by atoms with van der Waals surface area (Å²) in [6, 6.07) is 4.78. The summed E-state index contributed by atoms with van der Waals surface area (Å²) < 4.78 is 56.9. The highest BCUT2D eigenvalue weighted by Crippen LogP contribution is 2.62. The van der Waals surface area contributed by atoms with Gasteiger partial charge in [0.05, 0.1) is 99.6 Å². The lowest BCUT2D eigenvalue weighted by Crippen LogP contribution is -2.65. The monoisotopic (exact) mass is 621 g/mol. The molecule has 44 heavy (non-hydrogen) atoms. The quantitative estimate of drug-likeness (QED) is 0.133. The molecule has 11 heteroatoms. The van der Waals surface area contributed by atoms with E-state index < -0.39 is 0 Å². The number of nitrogens with zero attached hydrogens (tertiary/aromatic N) is 1. The number of benzene rings is 1. The average molecular weight is 622 g/mol. The van der Waals surface area contributed by atoms with E-state index in [1.54, 1.807) is 14.2 Å². The van der Waals surface area contributed by atoms with Gasteiger partial charge >= 0.3 is 0 Å². The molecule has 11 nitrogen and oxygen atoms in total. The standard InChI is InChI=1S/C33H51NO10/c1-34-9-8-33-26-5-7-29(32(33)44-31-28(36-3)6-4-25(30(31)33)24-27(26)34)43-23-22-42-21-20-41-19-18-40-17-16-39-15-14-38-13-12-37-11-10-35-2/h4-7,26-27,29,32H,8-24H2,1-3H3/t26?,27?,29-,32-,33-/m0/s1. The Morgan fingerprint density at radius 1 is 0.750 bits per heavy atom. The Morgan fingerprint density at radius 2 is 1.32 bits per heavy atom. The molecular formula is C33H51NO10. The number of ether oxygens (including phenoxy) is 10. The minimum absolute atomic E-state index is 0.0578. The van der Waals surface area contributed by atoms with Gasteiger partial charge in [0.15, 0.2) is 11.5 Å². The van der Waals surface area contributed by atoms with E-state index in [0.717, 1.165) is 30.9 Å². The first-order valence-electron chi connectivity index (χ1n) is 16.0. The maximum absolute atomic E-state index is 6.73. The van der Waals surface area contributed by atoms with Crippen LogP contribution >= 0.6 is 0 Å². The van der Waals surface area contributed by atoms with Gasteiger partial charge in [0.1, 0.15) is 12.2 Å². The summed E-state index contributed by atoms with van der Waals surface area (Å²) in [7, 11) is 5.63. The Kier molecular flexibility index (Phi) is 13.1. The smallest absolute Gasteiger partial charge is 0.165 e. The van der Waals surface area contributed by atoms with E-state index in [1.165, 1.54) is 11.1 Å². The lowest BCUT2D eigenvalue weighted by molar-refractivity contribution is -0.0818. The summed E-state index contributed by atoms with van der Waals surface area (Å²) in [4.78, 5) is 2.52. The van der Waals surface area contributed by atoms with Crippen LogP contribution in [0.2, 0.25) is 0 Å². The lowest BCUT2D eigenvalue weighted by atomic mass is 9.53. The fourth-order valence-corrected chi connectivity index (χ4v) is 7.10. The molecule has 4 aliphatic rings. The Labute approximate surface area is 261 Å². The van der Waals surface area contributed by atoms with Crippen molar-refractivity contribution in [3.63, 3.8) is 0 Å². The molecule has 2 aliphatic heterocycles. The molecule has 1 aromatic carbocycles. The minimum atomic E-state index is -0.127. The molecular weight excluding hydrogens is 570 g/mol. The molecule has 2 aliphatic carbocycles. The van der Waals surface area contributed by atoms with Crippen LogP contribution in [-0.4, -0.2) is 143 Å². The zero-order valence-electron chi connectivity index (χ0n) is 26.7. The van der Waals surface area contributed by atoms with Gasteiger partial charge in [0.25, 0.3) is 0 Å². The lowest BCUT2D eigenvalue weighted by Gasteiger charge is -2.56. The van der Waals surface area contributed by atoms with E-state index in [0.29, 0.717) is 104 Å². The first-order valence-corrected chi connectivity index (χ1v) is 16.0. The normalized spacial score (nSPS) is 26.5. The molecule has 2 heterocycles. The molecule has 0 saturated carbocycles. The largest absolute Gasteiger partial charge is 0.493 e. The molecule has 0 amide bonds. The molecule has 0 radical (unpaired) electrons. The molecule has 0 aromatic heterocycles. The van der Waals surface area contributed by atoms with E-state index in [1.807, 2.05) is 0 Å². The summed E-state index contributed by atoms with van der Waals surface area (Å²) in [5.41, 5.74) is 2.69. The third kappa shape index (κ3) is 7.76. The summed E-state index contributed by atoms with van der Waals surface area (Å²) in [6.45, 7) is 8.53. The fourth-order valence-electron chi connectivity index (χ4n) is 7.10. The van der Waals surface area contributed by atoms with Crippen LogP contribution in [0.1, 0.15) is 17.5 Å². The van der Waals surface area contributed by atoms with Crippen LogP contribution in [0.5, 0.6) is 11.5 Å². The first-order chi connectivity index (χ1) is 21.7. The van der Waals surface area contributed by atoms with Gasteiger partial charge in [-0.3, -0.25) is 0 Å². The van der Waals surface area contributed by atoms with Crippen LogP contribution in [0.3, 0.4) is 0 Å². The van der Waals surface area contributed by atoms with Crippen molar-refractivity contribution >= 4 is 0 Å². The van der Waals surface area contributed by atoms with Crippen molar-refractivity contribution < 1.29 is 47.4 Å². The van der Waals surface area contributed by atoms with Crippen LogP contribution in [-0.2, 0) is 49.7 Å². The van der Waals surface area contributed by atoms with Gasteiger partial charge in [0.2, 0.25) is 0 Å². The average Bonchev–Trinajstić information content (AvgIpc) is 3.39. The minimum Gasteiger partial charge on any atom is -0.493 e. The zero-order chi connectivity index (χ0) is 30.6. The van der Waals surface area contributed by atoms with Crippen molar-refractivity contribution in [1.29, 1.82) is 0 Å². The van der Waals surface area contributed by atoms with Gasteiger partial charge in [-0.25, -0.2) is 0 Å². The molecule has 1 spiro atoms. The Bertz CT molecular complexity index is 1040. The molecule has 1 aromatic rings. The number of rotatable bonds is 23. The van der Waals surface area contributed by atoms with Gasteiger partial charge < -0.3 is 52.3 Å². The first kappa shape index (κ1) is 33.6. The maximum atomic E-state index is 6.73. The summed E-state index contributed by atoms with van der Waals surface area (Å²) in [5.74, 6) is 2.16. The molecule has 2 unspecified atom stereocenters. The number of likely N-dealkylation sites (N-methyl/N-ethyl adjacent to an activating group) is 1. The van der Waals surface area contributed by atoms with E-state index in [2.05, 4.69) is 36.2 Å². The van der Waals surface area contributed by atoms with Crippen LogP contribution in [0.4, 0.5) is 0 Å². The van der Waals surface area contributed by atoms with Crippen LogP contribution in [0, 0.1) is 5.92 Å². The highest BCUT2D eigenvalue weighted by atomic mass is 16.6. The number of hydrogen-bond acceptors (Lipinski definition) is 11. The SMILES string of the molecule is COCCOCCOCCOCCOCCOCCOCCO[C@H]1C=CC2C3Cc4ccc(OC)c5c4[C@@]2(CCN3C)[C@H]1O5. The molecule has 5 atom stereocenters. The highest BCUT2D eigenvalue weighted by Gasteiger charge is 2.64. The van der Waals surface area contributed by atoms with Gasteiger partial charge in [-0.15, -0.1) is 0 Å². The molecule has 248 valence electrons. The van der Waals surface area contributed by atoms with Crippen molar-refractivity contribution in [3.8, 4) is 11.5 Å². The maximum Gasteiger partial charge on any atom is 0.165 e. The van der Waals surface area contributed by atoms with E-state index in [9.17, 15) is 0 Å². The molecule has 1 fully saturated rings. The van der Waals surface area contributed by atoms with E-state index in [-0.39, 0.29) is 17.6 Å². The third-order valence-corrected chi connectivity index (χ3v) is 9.16. The second-order valence-electron chi connectivity index (χ2n) is 11.6. The molecule has 1 saturated heterocycles. The van der Waals surface area contributed by atoms with Gasteiger partial charge in [-0.1, -0.05) is 18.2 Å². The van der Waals surface area contributed by atoms with Gasteiger partial charge in [-0.2, -0.15) is 0 Å². The Hall–Kier alpha value is -1.80. The highest BCUT2D eigenvalue weighted by molar-refractivity contribution is 5.62. The number of likely N-dealkylation sites (tertiary alicyclic amines) is 1.